The van der Waals surface area contributed by atoms with Gasteiger partial charge in [-0.05, 0) is 42.0 Å². The van der Waals surface area contributed by atoms with Gasteiger partial charge >= 0.3 is 0 Å². The molecule has 0 radical (unpaired) electrons. The van der Waals surface area contributed by atoms with Crippen LogP contribution in [0.1, 0.15) is 37.7 Å². The molecule has 2 aromatic rings. The largest absolute Gasteiger partial charge is 0.361 e. The zero-order valence-corrected chi connectivity index (χ0v) is 10.2. The van der Waals surface area contributed by atoms with Crippen molar-refractivity contribution in [1.82, 2.24) is 4.98 Å². The topological polar surface area (TPSA) is 41.8 Å². The summed E-state index contributed by atoms with van der Waals surface area (Å²) in [6.07, 6.45) is 8.52. The number of fused-ring (bicyclic) bond motifs is 1. The molecule has 1 fully saturated rings. The third kappa shape index (κ3) is 1.77. The third-order valence-electron chi connectivity index (χ3n) is 4.37. The van der Waals surface area contributed by atoms with E-state index in [-0.39, 0.29) is 5.41 Å². The molecule has 0 amide bonds. The molecule has 2 heteroatoms. The summed E-state index contributed by atoms with van der Waals surface area (Å²) in [5, 5.41) is 1.31. The Morgan fingerprint density at radius 2 is 1.94 bits per heavy atom. The summed E-state index contributed by atoms with van der Waals surface area (Å²) in [4.78, 5) is 3.25. The van der Waals surface area contributed by atoms with Crippen LogP contribution in [-0.4, -0.2) is 11.5 Å². The van der Waals surface area contributed by atoms with E-state index >= 15 is 0 Å². The van der Waals surface area contributed by atoms with Gasteiger partial charge in [0.2, 0.25) is 0 Å². The fourth-order valence-electron chi connectivity index (χ4n) is 3.22. The van der Waals surface area contributed by atoms with Gasteiger partial charge in [0.1, 0.15) is 0 Å². The van der Waals surface area contributed by atoms with Crippen molar-refractivity contribution >= 4 is 10.9 Å². The van der Waals surface area contributed by atoms with E-state index in [0.29, 0.717) is 0 Å². The molecule has 1 aliphatic rings. The minimum atomic E-state index is 0.240. The molecule has 0 spiro atoms. The van der Waals surface area contributed by atoms with Gasteiger partial charge in [0.15, 0.2) is 0 Å². The second-order valence-electron chi connectivity index (χ2n) is 5.32. The smallest absolute Gasteiger partial charge is 0.0454 e. The number of rotatable bonds is 2. The normalized spacial score (nSPS) is 19.6. The van der Waals surface area contributed by atoms with Crippen molar-refractivity contribution in [2.45, 2.75) is 37.5 Å². The number of H-pyrrole nitrogens is 1. The SMILES string of the molecule is NCC1(c2ccc3[nH]ccc3c2)CCCCC1. The Kier molecular flexibility index (Phi) is 2.67. The van der Waals surface area contributed by atoms with E-state index in [2.05, 4.69) is 29.2 Å². The first-order valence-electron chi connectivity index (χ1n) is 6.62. The number of nitrogens with one attached hydrogen (secondary N) is 1. The molecule has 0 saturated heterocycles. The summed E-state index contributed by atoms with van der Waals surface area (Å²) in [5.41, 5.74) is 8.98. The molecular weight excluding hydrogens is 208 g/mol. The lowest BCUT2D eigenvalue weighted by Crippen LogP contribution is -2.37. The molecule has 1 aliphatic carbocycles. The monoisotopic (exact) mass is 228 g/mol. The number of hydrogen-bond acceptors (Lipinski definition) is 1. The van der Waals surface area contributed by atoms with Gasteiger partial charge < -0.3 is 10.7 Å². The third-order valence-corrected chi connectivity index (χ3v) is 4.37. The maximum Gasteiger partial charge on any atom is 0.0454 e. The van der Waals surface area contributed by atoms with E-state index < -0.39 is 0 Å². The fraction of sp³-hybridized carbons (Fsp3) is 0.467. The molecule has 1 saturated carbocycles. The Morgan fingerprint density at radius 1 is 1.12 bits per heavy atom. The zero-order chi connectivity index (χ0) is 11.7. The molecule has 1 heterocycles. The van der Waals surface area contributed by atoms with Gasteiger partial charge in [-0.1, -0.05) is 25.3 Å². The van der Waals surface area contributed by atoms with E-state index in [1.165, 1.54) is 48.6 Å². The van der Waals surface area contributed by atoms with E-state index in [1.807, 2.05) is 6.20 Å². The maximum atomic E-state index is 6.08. The molecule has 0 atom stereocenters. The molecule has 1 aromatic carbocycles. The lowest BCUT2D eigenvalue weighted by molar-refractivity contribution is 0.301. The molecule has 3 rings (SSSR count). The molecule has 17 heavy (non-hydrogen) atoms. The van der Waals surface area contributed by atoms with E-state index in [1.54, 1.807) is 0 Å². The number of hydrogen-bond donors (Lipinski definition) is 2. The molecule has 3 N–H and O–H groups in total. The highest BCUT2D eigenvalue weighted by Gasteiger charge is 2.32. The molecule has 90 valence electrons. The summed E-state index contributed by atoms with van der Waals surface area (Å²) in [6.45, 7) is 0.781. The number of nitrogens with two attached hydrogens (primary N) is 1. The Bertz CT molecular complexity index is 506. The quantitative estimate of drug-likeness (QED) is 0.813. The van der Waals surface area contributed by atoms with Crippen LogP contribution in [0.25, 0.3) is 10.9 Å². The van der Waals surface area contributed by atoms with Crippen LogP contribution >= 0.6 is 0 Å². The minimum Gasteiger partial charge on any atom is -0.361 e. The van der Waals surface area contributed by atoms with Gasteiger partial charge in [0, 0.05) is 23.7 Å². The van der Waals surface area contributed by atoms with Crippen LogP contribution in [0.5, 0.6) is 0 Å². The highest BCUT2D eigenvalue weighted by molar-refractivity contribution is 5.80. The highest BCUT2D eigenvalue weighted by Crippen LogP contribution is 2.39. The molecule has 0 unspecified atom stereocenters. The van der Waals surface area contributed by atoms with Crippen molar-refractivity contribution in [3.05, 3.63) is 36.0 Å². The number of aromatic nitrogens is 1. The van der Waals surface area contributed by atoms with Crippen molar-refractivity contribution in [2.75, 3.05) is 6.54 Å². The Balaban J connectivity index is 2.04. The van der Waals surface area contributed by atoms with Gasteiger partial charge in [0.05, 0.1) is 0 Å². The van der Waals surface area contributed by atoms with Crippen molar-refractivity contribution < 1.29 is 0 Å². The van der Waals surface area contributed by atoms with Crippen LogP contribution in [0.4, 0.5) is 0 Å². The second-order valence-corrected chi connectivity index (χ2v) is 5.32. The van der Waals surface area contributed by atoms with E-state index in [4.69, 9.17) is 5.73 Å². The summed E-state index contributed by atoms with van der Waals surface area (Å²) >= 11 is 0. The predicted octanol–water partition coefficient (Wildman–Crippen LogP) is 3.33. The summed E-state index contributed by atoms with van der Waals surface area (Å²) < 4.78 is 0. The van der Waals surface area contributed by atoms with Gasteiger partial charge in [-0.15, -0.1) is 0 Å². The van der Waals surface area contributed by atoms with E-state index in [0.717, 1.165) is 6.54 Å². The molecule has 2 nitrogen and oxygen atoms in total. The lowest BCUT2D eigenvalue weighted by Gasteiger charge is -2.37. The lowest BCUT2D eigenvalue weighted by atomic mass is 9.69. The minimum absolute atomic E-state index is 0.240. The van der Waals surface area contributed by atoms with E-state index in [9.17, 15) is 0 Å². The fourth-order valence-corrected chi connectivity index (χ4v) is 3.22. The Hall–Kier alpha value is -1.28. The van der Waals surface area contributed by atoms with Gasteiger partial charge in [0.25, 0.3) is 0 Å². The van der Waals surface area contributed by atoms with Gasteiger partial charge in [-0.2, -0.15) is 0 Å². The average molecular weight is 228 g/mol. The van der Waals surface area contributed by atoms with Crippen molar-refractivity contribution in [3.63, 3.8) is 0 Å². The number of aromatic amines is 1. The second kappa shape index (κ2) is 4.19. The van der Waals surface area contributed by atoms with Crippen molar-refractivity contribution in [2.24, 2.45) is 5.73 Å². The summed E-state index contributed by atoms with van der Waals surface area (Å²) in [7, 11) is 0. The first kappa shape index (κ1) is 10.8. The standard InChI is InChI=1S/C15H20N2/c16-11-15(7-2-1-3-8-15)13-4-5-14-12(10-13)6-9-17-14/h4-6,9-10,17H,1-3,7-8,11,16H2. The first-order chi connectivity index (χ1) is 8.34. The Labute approximate surface area is 102 Å². The van der Waals surface area contributed by atoms with Gasteiger partial charge in [-0.25, -0.2) is 0 Å². The predicted molar refractivity (Wildman–Crippen MR) is 72.1 cm³/mol. The maximum absolute atomic E-state index is 6.08. The number of benzene rings is 1. The van der Waals surface area contributed by atoms with Crippen LogP contribution in [0.2, 0.25) is 0 Å². The Morgan fingerprint density at radius 3 is 2.71 bits per heavy atom. The summed E-state index contributed by atoms with van der Waals surface area (Å²) in [5.74, 6) is 0. The van der Waals surface area contributed by atoms with Gasteiger partial charge in [-0.3, -0.25) is 0 Å². The van der Waals surface area contributed by atoms with Crippen LogP contribution in [-0.2, 0) is 5.41 Å². The van der Waals surface area contributed by atoms with Crippen molar-refractivity contribution in [3.8, 4) is 0 Å². The highest BCUT2D eigenvalue weighted by atomic mass is 14.7. The first-order valence-corrected chi connectivity index (χ1v) is 6.62. The van der Waals surface area contributed by atoms with Crippen LogP contribution in [0.3, 0.4) is 0 Å². The average Bonchev–Trinajstić information content (AvgIpc) is 2.86. The zero-order valence-electron chi connectivity index (χ0n) is 10.2. The summed E-state index contributed by atoms with van der Waals surface area (Å²) in [6, 6.07) is 8.92. The van der Waals surface area contributed by atoms with Crippen LogP contribution < -0.4 is 5.73 Å². The van der Waals surface area contributed by atoms with Crippen LogP contribution in [0.15, 0.2) is 30.5 Å². The molecule has 1 aromatic heterocycles. The van der Waals surface area contributed by atoms with Crippen LogP contribution in [0, 0.1) is 0 Å². The molecule has 0 bridgehead atoms. The molecular formula is C15H20N2. The van der Waals surface area contributed by atoms with Crippen molar-refractivity contribution in [1.29, 1.82) is 0 Å². The molecule has 0 aliphatic heterocycles.